The number of halogens is 2. The molecule has 1 amide bonds. The molecule has 0 radical (unpaired) electrons. The van der Waals surface area contributed by atoms with Crippen LogP contribution >= 0.6 is 23.2 Å². The molecular formula is C18H15Cl2NO3. The maximum Gasteiger partial charge on any atom is 0.308 e. The summed E-state index contributed by atoms with van der Waals surface area (Å²) in [6.07, 6.45) is 0.0380. The lowest BCUT2D eigenvalue weighted by Gasteiger charge is -2.18. The van der Waals surface area contributed by atoms with Gasteiger partial charge in [0.05, 0.1) is 5.92 Å². The smallest absolute Gasteiger partial charge is 0.308 e. The van der Waals surface area contributed by atoms with Crippen LogP contribution in [0.2, 0.25) is 10.0 Å². The lowest BCUT2D eigenvalue weighted by molar-refractivity contribution is -0.141. The van der Waals surface area contributed by atoms with Crippen LogP contribution in [-0.2, 0) is 9.59 Å². The van der Waals surface area contributed by atoms with Gasteiger partial charge >= 0.3 is 5.97 Å². The number of carboxylic acids is 1. The molecule has 4 nitrogen and oxygen atoms in total. The average Bonchev–Trinajstić information content (AvgIpc) is 2.92. The SMILES string of the molecule is Cc1cc(N2CC(C(=O)O)CC2=O)ccc1-c1cc(Cl)ccc1Cl. The summed E-state index contributed by atoms with van der Waals surface area (Å²) in [5, 5.41) is 10.3. The zero-order valence-electron chi connectivity index (χ0n) is 12.9. The van der Waals surface area contributed by atoms with Crippen molar-refractivity contribution in [2.45, 2.75) is 13.3 Å². The molecule has 6 heteroatoms. The van der Waals surface area contributed by atoms with Crippen molar-refractivity contribution in [2.24, 2.45) is 5.92 Å². The fraction of sp³-hybridized carbons (Fsp3) is 0.222. The molecule has 1 fully saturated rings. The maximum absolute atomic E-state index is 12.1. The highest BCUT2D eigenvalue weighted by molar-refractivity contribution is 6.35. The Bertz CT molecular complexity index is 835. The number of nitrogens with zero attached hydrogens (tertiary/aromatic N) is 1. The minimum atomic E-state index is -0.940. The number of benzene rings is 2. The molecule has 1 aliphatic rings. The van der Waals surface area contributed by atoms with Crippen molar-refractivity contribution in [3.05, 3.63) is 52.0 Å². The van der Waals surface area contributed by atoms with Crippen LogP contribution in [0.15, 0.2) is 36.4 Å². The second kappa shape index (κ2) is 6.46. The van der Waals surface area contributed by atoms with Gasteiger partial charge in [-0.3, -0.25) is 9.59 Å². The molecule has 1 N–H and O–H groups in total. The predicted molar refractivity (Wildman–Crippen MR) is 94.7 cm³/mol. The first kappa shape index (κ1) is 16.8. The van der Waals surface area contributed by atoms with Gasteiger partial charge in [-0.15, -0.1) is 0 Å². The molecule has 2 aromatic carbocycles. The van der Waals surface area contributed by atoms with Crippen LogP contribution in [-0.4, -0.2) is 23.5 Å². The third-order valence-corrected chi connectivity index (χ3v) is 4.78. The summed E-state index contributed by atoms with van der Waals surface area (Å²) in [5.41, 5.74) is 3.38. The van der Waals surface area contributed by atoms with Crippen LogP contribution in [0.5, 0.6) is 0 Å². The second-order valence-corrected chi connectivity index (χ2v) is 6.71. The minimum Gasteiger partial charge on any atom is -0.481 e. The van der Waals surface area contributed by atoms with Gasteiger partial charge in [0.2, 0.25) is 5.91 Å². The summed E-state index contributed by atoms with van der Waals surface area (Å²) in [6, 6.07) is 10.8. The number of anilines is 1. The van der Waals surface area contributed by atoms with Crippen LogP contribution in [0.1, 0.15) is 12.0 Å². The van der Waals surface area contributed by atoms with E-state index in [4.69, 9.17) is 28.3 Å². The van der Waals surface area contributed by atoms with Crippen molar-refractivity contribution in [1.29, 1.82) is 0 Å². The highest BCUT2D eigenvalue weighted by Gasteiger charge is 2.35. The fourth-order valence-electron chi connectivity index (χ4n) is 2.94. The first-order valence-electron chi connectivity index (χ1n) is 7.46. The van der Waals surface area contributed by atoms with Crippen molar-refractivity contribution in [3.63, 3.8) is 0 Å². The number of carbonyl (C=O) groups is 2. The third kappa shape index (κ3) is 3.12. The first-order valence-corrected chi connectivity index (χ1v) is 8.21. The molecule has 24 heavy (non-hydrogen) atoms. The zero-order valence-corrected chi connectivity index (χ0v) is 14.4. The quantitative estimate of drug-likeness (QED) is 0.878. The van der Waals surface area contributed by atoms with E-state index in [1.54, 1.807) is 18.2 Å². The molecule has 1 atom stereocenters. The van der Waals surface area contributed by atoms with E-state index in [0.29, 0.717) is 15.7 Å². The van der Waals surface area contributed by atoms with Gasteiger partial charge in [0.1, 0.15) is 0 Å². The van der Waals surface area contributed by atoms with Gasteiger partial charge in [0.25, 0.3) is 0 Å². The Morgan fingerprint density at radius 3 is 2.54 bits per heavy atom. The summed E-state index contributed by atoms with van der Waals surface area (Å²) >= 11 is 12.3. The number of carboxylic acid groups (broad SMARTS) is 1. The Morgan fingerprint density at radius 1 is 1.17 bits per heavy atom. The van der Waals surface area contributed by atoms with Crippen LogP contribution in [0.4, 0.5) is 5.69 Å². The highest BCUT2D eigenvalue weighted by Crippen LogP contribution is 2.35. The average molecular weight is 364 g/mol. The lowest BCUT2D eigenvalue weighted by atomic mass is 9.99. The van der Waals surface area contributed by atoms with E-state index >= 15 is 0 Å². The molecule has 124 valence electrons. The van der Waals surface area contributed by atoms with E-state index in [9.17, 15) is 9.59 Å². The number of hydrogen-bond donors (Lipinski definition) is 1. The normalized spacial score (nSPS) is 17.4. The zero-order chi connectivity index (χ0) is 17.4. The standard InChI is InChI=1S/C18H15Cl2NO3/c1-10-6-13(21-9-11(18(23)24)7-17(21)22)3-4-14(10)15-8-12(19)2-5-16(15)20/h2-6,8,11H,7,9H2,1H3,(H,23,24). The number of aryl methyl sites for hydroxylation is 1. The molecule has 1 unspecified atom stereocenters. The number of hydrogen-bond acceptors (Lipinski definition) is 2. The van der Waals surface area contributed by atoms with E-state index in [1.807, 2.05) is 25.1 Å². The van der Waals surface area contributed by atoms with E-state index in [2.05, 4.69) is 0 Å². The highest BCUT2D eigenvalue weighted by atomic mass is 35.5. The Hall–Kier alpha value is -2.04. The van der Waals surface area contributed by atoms with Crippen LogP contribution < -0.4 is 4.90 Å². The summed E-state index contributed by atoms with van der Waals surface area (Å²) in [4.78, 5) is 24.7. The van der Waals surface area contributed by atoms with Gasteiger partial charge in [0, 0.05) is 34.3 Å². The van der Waals surface area contributed by atoms with Crippen molar-refractivity contribution < 1.29 is 14.7 Å². The summed E-state index contributed by atoms with van der Waals surface area (Å²) in [6.45, 7) is 2.12. The molecule has 2 aromatic rings. The fourth-order valence-corrected chi connectivity index (χ4v) is 3.34. The van der Waals surface area contributed by atoms with E-state index in [0.717, 1.165) is 16.7 Å². The molecule has 0 aliphatic carbocycles. The maximum atomic E-state index is 12.1. The Labute approximate surface area is 149 Å². The second-order valence-electron chi connectivity index (χ2n) is 5.87. The largest absolute Gasteiger partial charge is 0.481 e. The Kier molecular flexibility index (Phi) is 4.52. The van der Waals surface area contributed by atoms with Gasteiger partial charge < -0.3 is 10.0 Å². The predicted octanol–water partition coefficient (Wildman–Crippen LogP) is 4.41. The topological polar surface area (TPSA) is 57.6 Å². The Morgan fingerprint density at radius 2 is 1.92 bits per heavy atom. The van der Waals surface area contributed by atoms with Crippen LogP contribution in [0.3, 0.4) is 0 Å². The minimum absolute atomic E-state index is 0.0380. The van der Waals surface area contributed by atoms with Crippen LogP contribution in [0, 0.1) is 12.8 Å². The molecular weight excluding hydrogens is 349 g/mol. The number of aliphatic carboxylic acids is 1. The molecule has 1 saturated heterocycles. The van der Waals surface area contributed by atoms with Crippen molar-refractivity contribution >= 4 is 40.8 Å². The monoisotopic (exact) mass is 363 g/mol. The first-order chi connectivity index (χ1) is 11.4. The van der Waals surface area contributed by atoms with E-state index in [-0.39, 0.29) is 18.9 Å². The van der Waals surface area contributed by atoms with Gasteiger partial charge in [-0.25, -0.2) is 0 Å². The van der Waals surface area contributed by atoms with Crippen molar-refractivity contribution in [3.8, 4) is 11.1 Å². The van der Waals surface area contributed by atoms with Gasteiger partial charge in [-0.2, -0.15) is 0 Å². The van der Waals surface area contributed by atoms with Crippen molar-refractivity contribution in [2.75, 3.05) is 11.4 Å². The van der Waals surface area contributed by atoms with Gasteiger partial charge in [-0.1, -0.05) is 29.3 Å². The van der Waals surface area contributed by atoms with E-state index < -0.39 is 11.9 Å². The molecule has 1 aliphatic heterocycles. The van der Waals surface area contributed by atoms with E-state index in [1.165, 1.54) is 4.90 Å². The molecule has 0 spiro atoms. The lowest BCUT2D eigenvalue weighted by Crippen LogP contribution is -2.25. The summed E-state index contributed by atoms with van der Waals surface area (Å²) in [5.74, 6) is -1.76. The Balaban J connectivity index is 1.95. The molecule has 0 bridgehead atoms. The number of carbonyl (C=O) groups excluding carboxylic acids is 1. The molecule has 1 heterocycles. The van der Waals surface area contributed by atoms with Gasteiger partial charge in [-0.05, 0) is 48.4 Å². The molecule has 0 saturated carbocycles. The van der Waals surface area contributed by atoms with Crippen LogP contribution in [0.25, 0.3) is 11.1 Å². The number of amides is 1. The third-order valence-electron chi connectivity index (χ3n) is 4.21. The summed E-state index contributed by atoms with van der Waals surface area (Å²) in [7, 11) is 0. The van der Waals surface area contributed by atoms with Gasteiger partial charge in [0.15, 0.2) is 0 Å². The molecule has 0 aromatic heterocycles. The summed E-state index contributed by atoms with van der Waals surface area (Å²) < 4.78 is 0. The van der Waals surface area contributed by atoms with Crippen molar-refractivity contribution in [1.82, 2.24) is 0 Å². The molecule has 3 rings (SSSR count). The number of rotatable bonds is 3.